The van der Waals surface area contributed by atoms with Gasteiger partial charge in [0.25, 0.3) is 11.6 Å². The van der Waals surface area contributed by atoms with Crippen LogP contribution in [-0.2, 0) is 4.79 Å². The summed E-state index contributed by atoms with van der Waals surface area (Å²) in [5.74, 6) is -1.59. The van der Waals surface area contributed by atoms with Crippen molar-refractivity contribution in [2.45, 2.75) is 26.1 Å². The molecule has 2 amide bonds. The fraction of sp³-hybridized carbons (Fsp3) is 0.294. The van der Waals surface area contributed by atoms with E-state index in [9.17, 15) is 22.8 Å². The summed E-state index contributed by atoms with van der Waals surface area (Å²) in [5.41, 5.74) is 1.24. The van der Waals surface area contributed by atoms with E-state index in [1.165, 1.54) is 24.3 Å². The van der Waals surface area contributed by atoms with Crippen LogP contribution >= 0.6 is 11.3 Å². The van der Waals surface area contributed by atoms with E-state index in [0.29, 0.717) is 16.8 Å². The van der Waals surface area contributed by atoms with Crippen LogP contribution in [0.2, 0.25) is 0 Å². The van der Waals surface area contributed by atoms with Gasteiger partial charge < -0.3 is 15.2 Å². The van der Waals surface area contributed by atoms with Crippen molar-refractivity contribution in [2.75, 3.05) is 6.54 Å². The van der Waals surface area contributed by atoms with Gasteiger partial charge in [-0.3, -0.25) is 9.59 Å². The molecule has 3 aromatic heterocycles. The maximum Gasteiger partial charge on any atom is 0.405 e. The number of aryl methyl sites for hydroxylation is 1. The molecule has 0 spiro atoms. The van der Waals surface area contributed by atoms with Gasteiger partial charge in [-0.25, -0.2) is 4.98 Å². The van der Waals surface area contributed by atoms with E-state index in [1.54, 1.807) is 12.2 Å². The molecule has 148 valence electrons. The topological polar surface area (TPSA) is 97.1 Å². The Morgan fingerprint density at radius 2 is 2.11 bits per heavy atom. The summed E-state index contributed by atoms with van der Waals surface area (Å²) >= 11 is 1.41. The van der Waals surface area contributed by atoms with E-state index in [4.69, 9.17) is 4.52 Å². The lowest BCUT2D eigenvalue weighted by Gasteiger charge is -2.15. The Morgan fingerprint density at radius 3 is 2.75 bits per heavy atom. The Morgan fingerprint density at radius 1 is 1.36 bits per heavy atom. The third-order valence-electron chi connectivity index (χ3n) is 3.84. The molecule has 1 unspecified atom stereocenters. The number of rotatable bonds is 5. The van der Waals surface area contributed by atoms with Crippen LogP contribution < -0.4 is 10.6 Å². The molecular formula is C17H15F3N4O3S. The van der Waals surface area contributed by atoms with Crippen LogP contribution in [0.25, 0.3) is 21.7 Å². The van der Waals surface area contributed by atoms with E-state index in [0.717, 1.165) is 4.88 Å². The molecule has 3 heterocycles. The Labute approximate surface area is 160 Å². The Balaban J connectivity index is 1.86. The molecule has 0 saturated heterocycles. The van der Waals surface area contributed by atoms with Crippen molar-refractivity contribution in [3.8, 4) is 10.6 Å². The highest BCUT2D eigenvalue weighted by atomic mass is 32.1. The van der Waals surface area contributed by atoms with E-state index in [2.05, 4.69) is 15.5 Å². The minimum atomic E-state index is -4.54. The molecule has 1 atom stereocenters. The van der Waals surface area contributed by atoms with Crippen molar-refractivity contribution >= 4 is 34.3 Å². The highest BCUT2D eigenvalue weighted by molar-refractivity contribution is 7.13. The number of fused-ring (bicyclic) bond motifs is 1. The second-order valence-corrected chi connectivity index (χ2v) is 6.96. The number of halogens is 3. The molecule has 0 radical (unpaired) electrons. The van der Waals surface area contributed by atoms with Crippen molar-refractivity contribution in [2.24, 2.45) is 0 Å². The first-order chi connectivity index (χ1) is 13.2. The average molecular weight is 412 g/mol. The second-order valence-electron chi connectivity index (χ2n) is 6.01. The Kier molecular flexibility index (Phi) is 5.36. The van der Waals surface area contributed by atoms with Crippen molar-refractivity contribution in [3.05, 3.63) is 34.8 Å². The Hall–Kier alpha value is -2.95. The molecule has 3 aromatic rings. The predicted molar refractivity (Wildman–Crippen MR) is 95.8 cm³/mol. The van der Waals surface area contributed by atoms with Crippen LogP contribution in [0, 0.1) is 6.92 Å². The minimum absolute atomic E-state index is 0.155. The number of hydrogen-bond donors (Lipinski definition) is 2. The molecule has 0 bridgehead atoms. The van der Waals surface area contributed by atoms with Gasteiger partial charge in [0.15, 0.2) is 0 Å². The molecule has 0 fully saturated rings. The SMILES string of the molecule is Cc1noc2nc(-c3cccs3)cc(C(=O)NC(C)C(=O)NCC(F)(F)F)c12. The molecule has 28 heavy (non-hydrogen) atoms. The zero-order valence-corrected chi connectivity index (χ0v) is 15.6. The maximum atomic E-state index is 12.7. The lowest BCUT2D eigenvalue weighted by Crippen LogP contribution is -2.47. The summed E-state index contributed by atoms with van der Waals surface area (Å²) in [4.78, 5) is 29.7. The third-order valence-corrected chi connectivity index (χ3v) is 4.73. The van der Waals surface area contributed by atoms with Gasteiger partial charge in [-0.1, -0.05) is 11.2 Å². The molecule has 7 nitrogen and oxygen atoms in total. The fourth-order valence-electron chi connectivity index (χ4n) is 2.50. The lowest BCUT2D eigenvalue weighted by atomic mass is 10.1. The number of carbonyl (C=O) groups is 2. The van der Waals surface area contributed by atoms with E-state index in [1.807, 2.05) is 17.5 Å². The van der Waals surface area contributed by atoms with Crippen molar-refractivity contribution in [1.29, 1.82) is 0 Å². The zero-order chi connectivity index (χ0) is 20.5. The summed E-state index contributed by atoms with van der Waals surface area (Å²) in [5, 5.41) is 10.2. The fourth-order valence-corrected chi connectivity index (χ4v) is 3.19. The zero-order valence-electron chi connectivity index (χ0n) is 14.8. The maximum absolute atomic E-state index is 12.7. The monoisotopic (exact) mass is 412 g/mol. The van der Waals surface area contributed by atoms with Crippen molar-refractivity contribution in [1.82, 2.24) is 20.8 Å². The number of nitrogens with zero attached hydrogens (tertiary/aromatic N) is 2. The molecule has 0 aliphatic heterocycles. The molecule has 0 aromatic carbocycles. The van der Waals surface area contributed by atoms with Crippen molar-refractivity contribution in [3.63, 3.8) is 0 Å². The standard InChI is InChI=1S/C17H15F3N4O3S/c1-8-13-10(15(26)22-9(2)14(25)21-7-17(18,19)20)6-11(12-4-3-5-28-12)23-16(13)27-24-8/h3-6,9H,7H2,1-2H3,(H,21,25)(H,22,26). The van der Waals surface area contributed by atoms with Gasteiger partial charge in [-0.05, 0) is 31.4 Å². The number of carbonyl (C=O) groups excluding carboxylic acids is 2. The van der Waals surface area contributed by atoms with E-state index >= 15 is 0 Å². The first-order valence-corrected chi connectivity index (χ1v) is 9.00. The molecule has 3 rings (SSSR count). The van der Waals surface area contributed by atoms with E-state index in [-0.39, 0.29) is 11.3 Å². The molecule has 0 saturated carbocycles. The summed E-state index contributed by atoms with van der Waals surface area (Å²) < 4.78 is 41.9. The largest absolute Gasteiger partial charge is 0.405 e. The number of thiophene rings is 1. The van der Waals surface area contributed by atoms with Crippen LogP contribution in [0.5, 0.6) is 0 Å². The van der Waals surface area contributed by atoms with Gasteiger partial charge in [0, 0.05) is 0 Å². The van der Waals surface area contributed by atoms with Crippen LogP contribution in [0.4, 0.5) is 13.2 Å². The van der Waals surface area contributed by atoms with Gasteiger partial charge >= 0.3 is 6.18 Å². The van der Waals surface area contributed by atoms with Crippen LogP contribution in [0.3, 0.4) is 0 Å². The number of nitrogens with one attached hydrogen (secondary N) is 2. The highest BCUT2D eigenvalue weighted by Gasteiger charge is 2.29. The quantitative estimate of drug-likeness (QED) is 0.671. The predicted octanol–water partition coefficient (Wildman–Crippen LogP) is 3.06. The van der Waals surface area contributed by atoms with Gasteiger partial charge in [0.2, 0.25) is 5.91 Å². The number of pyridine rings is 1. The second kappa shape index (κ2) is 7.58. The normalized spacial score (nSPS) is 12.8. The first-order valence-electron chi connectivity index (χ1n) is 8.12. The number of hydrogen-bond acceptors (Lipinski definition) is 6. The molecule has 0 aliphatic carbocycles. The minimum Gasteiger partial charge on any atom is -0.345 e. The Bertz CT molecular complexity index is 1010. The summed E-state index contributed by atoms with van der Waals surface area (Å²) in [6, 6.07) is 4.00. The van der Waals surface area contributed by atoms with Gasteiger partial charge in [-0.2, -0.15) is 13.2 Å². The number of aromatic nitrogens is 2. The van der Waals surface area contributed by atoms with Crippen LogP contribution in [-0.4, -0.2) is 40.7 Å². The van der Waals surface area contributed by atoms with Gasteiger partial charge in [0.05, 0.1) is 27.2 Å². The van der Waals surface area contributed by atoms with Gasteiger partial charge in [0.1, 0.15) is 12.6 Å². The first kappa shape index (κ1) is 19.8. The average Bonchev–Trinajstić information content (AvgIpc) is 3.28. The smallest absolute Gasteiger partial charge is 0.345 e. The van der Waals surface area contributed by atoms with Crippen LogP contribution in [0.15, 0.2) is 28.1 Å². The summed E-state index contributed by atoms with van der Waals surface area (Å²) in [6.45, 7) is 1.45. The lowest BCUT2D eigenvalue weighted by molar-refractivity contribution is -0.139. The number of alkyl halides is 3. The number of amides is 2. The van der Waals surface area contributed by atoms with E-state index < -0.39 is 30.6 Å². The molecule has 2 N–H and O–H groups in total. The highest BCUT2D eigenvalue weighted by Crippen LogP contribution is 2.29. The summed E-state index contributed by atoms with van der Waals surface area (Å²) in [6.07, 6.45) is -4.54. The molecule has 11 heteroatoms. The summed E-state index contributed by atoms with van der Waals surface area (Å²) in [7, 11) is 0. The third kappa shape index (κ3) is 4.30. The van der Waals surface area contributed by atoms with Crippen molar-refractivity contribution < 1.29 is 27.3 Å². The van der Waals surface area contributed by atoms with Crippen LogP contribution in [0.1, 0.15) is 23.0 Å². The molecule has 0 aliphatic rings. The molecular weight excluding hydrogens is 397 g/mol. The van der Waals surface area contributed by atoms with Gasteiger partial charge in [-0.15, -0.1) is 11.3 Å².